The van der Waals surface area contributed by atoms with E-state index in [2.05, 4.69) is 42.0 Å². The Kier molecular flexibility index (Phi) is 5.20. The van der Waals surface area contributed by atoms with Gasteiger partial charge in [0.15, 0.2) is 0 Å². The summed E-state index contributed by atoms with van der Waals surface area (Å²) in [4.78, 5) is 12.3. The molecule has 4 heteroatoms. The highest BCUT2D eigenvalue weighted by Gasteiger charge is 2.26. The van der Waals surface area contributed by atoms with E-state index in [0.717, 1.165) is 23.7 Å². The number of amides is 1. The second-order valence-electron chi connectivity index (χ2n) is 4.53. The highest BCUT2D eigenvalue weighted by atomic mass is 79.9. The topological polar surface area (TPSA) is 55.1 Å². The molecule has 0 fully saturated rings. The van der Waals surface area contributed by atoms with Gasteiger partial charge in [0.1, 0.15) is 0 Å². The summed E-state index contributed by atoms with van der Waals surface area (Å²) in [5.74, 6) is -0.0697. The van der Waals surface area contributed by atoms with Crippen molar-refractivity contribution in [3.05, 3.63) is 28.2 Å². The molecule has 0 atom stereocenters. The molecule has 0 spiro atoms. The average molecular weight is 313 g/mol. The van der Waals surface area contributed by atoms with Crippen molar-refractivity contribution in [2.75, 3.05) is 5.73 Å². The standard InChI is InChI=1S/C14H21BrN2O/c1-4-14(5-2,6-3)17-13(18)11-9-10(16)7-8-12(11)15/h7-9H,4-6,16H2,1-3H3,(H,17,18). The van der Waals surface area contributed by atoms with Gasteiger partial charge in [0, 0.05) is 15.7 Å². The zero-order chi connectivity index (χ0) is 13.8. The summed E-state index contributed by atoms with van der Waals surface area (Å²) in [6, 6.07) is 5.27. The summed E-state index contributed by atoms with van der Waals surface area (Å²) in [6.07, 6.45) is 2.77. The fourth-order valence-electron chi connectivity index (χ4n) is 2.04. The van der Waals surface area contributed by atoms with E-state index in [1.807, 2.05) is 0 Å². The quantitative estimate of drug-likeness (QED) is 0.814. The number of hydrogen-bond acceptors (Lipinski definition) is 2. The molecule has 18 heavy (non-hydrogen) atoms. The molecule has 0 saturated heterocycles. The summed E-state index contributed by atoms with van der Waals surface area (Å²) >= 11 is 3.39. The van der Waals surface area contributed by atoms with Gasteiger partial charge in [0.05, 0.1) is 5.56 Å². The van der Waals surface area contributed by atoms with E-state index < -0.39 is 0 Å². The SMILES string of the molecule is CCC(CC)(CC)NC(=O)c1cc(N)ccc1Br. The third kappa shape index (κ3) is 3.25. The van der Waals surface area contributed by atoms with Crippen molar-refractivity contribution < 1.29 is 4.79 Å². The summed E-state index contributed by atoms with van der Waals surface area (Å²) in [7, 11) is 0. The van der Waals surface area contributed by atoms with Crippen LogP contribution in [0.4, 0.5) is 5.69 Å². The lowest BCUT2D eigenvalue weighted by molar-refractivity contribution is 0.0887. The van der Waals surface area contributed by atoms with E-state index in [1.54, 1.807) is 18.2 Å². The minimum Gasteiger partial charge on any atom is -0.399 e. The first-order valence-corrected chi connectivity index (χ1v) is 7.14. The van der Waals surface area contributed by atoms with E-state index in [0.29, 0.717) is 11.3 Å². The van der Waals surface area contributed by atoms with Crippen molar-refractivity contribution in [2.24, 2.45) is 0 Å². The first-order chi connectivity index (χ1) is 8.48. The van der Waals surface area contributed by atoms with E-state index in [-0.39, 0.29) is 11.4 Å². The van der Waals surface area contributed by atoms with Crippen molar-refractivity contribution in [1.29, 1.82) is 0 Å². The summed E-state index contributed by atoms with van der Waals surface area (Å²) < 4.78 is 0.770. The lowest BCUT2D eigenvalue weighted by atomic mass is 9.89. The lowest BCUT2D eigenvalue weighted by Crippen LogP contribution is -2.47. The molecule has 0 unspecified atom stereocenters. The molecule has 1 amide bonds. The number of hydrogen-bond donors (Lipinski definition) is 2. The largest absolute Gasteiger partial charge is 0.399 e. The van der Waals surface area contributed by atoms with Crippen molar-refractivity contribution in [3.63, 3.8) is 0 Å². The second-order valence-corrected chi connectivity index (χ2v) is 5.39. The summed E-state index contributed by atoms with van der Waals surface area (Å²) in [5, 5.41) is 3.14. The number of halogens is 1. The van der Waals surface area contributed by atoms with Crippen LogP contribution >= 0.6 is 15.9 Å². The summed E-state index contributed by atoms with van der Waals surface area (Å²) in [6.45, 7) is 6.30. The maximum absolute atomic E-state index is 12.3. The maximum Gasteiger partial charge on any atom is 0.252 e. The molecule has 1 aromatic carbocycles. The van der Waals surface area contributed by atoms with Crippen molar-refractivity contribution in [3.8, 4) is 0 Å². The molecular formula is C14H21BrN2O. The van der Waals surface area contributed by atoms with Gasteiger partial charge < -0.3 is 11.1 Å². The van der Waals surface area contributed by atoms with Crippen LogP contribution < -0.4 is 11.1 Å². The molecule has 1 rings (SSSR count). The number of nitrogens with two attached hydrogens (primary N) is 1. The maximum atomic E-state index is 12.3. The van der Waals surface area contributed by atoms with E-state index in [1.165, 1.54) is 0 Å². The third-order valence-electron chi connectivity index (χ3n) is 3.64. The smallest absolute Gasteiger partial charge is 0.252 e. The van der Waals surface area contributed by atoms with Gasteiger partial charge >= 0.3 is 0 Å². The van der Waals surface area contributed by atoms with Crippen LogP contribution in [-0.4, -0.2) is 11.4 Å². The molecule has 0 saturated carbocycles. The number of nitrogen functional groups attached to an aromatic ring is 1. The van der Waals surface area contributed by atoms with Crippen LogP contribution in [0.1, 0.15) is 50.4 Å². The van der Waals surface area contributed by atoms with Gasteiger partial charge in [-0.25, -0.2) is 0 Å². The normalized spacial score (nSPS) is 11.3. The Hall–Kier alpha value is -1.03. The highest BCUT2D eigenvalue weighted by molar-refractivity contribution is 9.10. The Morgan fingerprint density at radius 3 is 2.33 bits per heavy atom. The van der Waals surface area contributed by atoms with Crippen LogP contribution in [0.15, 0.2) is 22.7 Å². The van der Waals surface area contributed by atoms with E-state index >= 15 is 0 Å². The van der Waals surface area contributed by atoms with Crippen LogP contribution in [0, 0.1) is 0 Å². The van der Waals surface area contributed by atoms with Gasteiger partial charge in [0.2, 0.25) is 0 Å². The number of rotatable bonds is 5. The molecule has 1 aromatic rings. The monoisotopic (exact) mass is 312 g/mol. The zero-order valence-electron chi connectivity index (χ0n) is 11.2. The van der Waals surface area contributed by atoms with Gasteiger partial charge in [-0.1, -0.05) is 20.8 Å². The number of benzene rings is 1. The van der Waals surface area contributed by atoms with Gasteiger partial charge in [-0.3, -0.25) is 4.79 Å². The van der Waals surface area contributed by atoms with Crippen molar-refractivity contribution in [1.82, 2.24) is 5.32 Å². The Bertz CT molecular complexity index is 420. The van der Waals surface area contributed by atoms with Crippen LogP contribution in [0.5, 0.6) is 0 Å². The average Bonchev–Trinajstić information content (AvgIpc) is 2.38. The Morgan fingerprint density at radius 1 is 1.28 bits per heavy atom. The molecule has 3 N–H and O–H groups in total. The molecule has 0 aliphatic rings. The lowest BCUT2D eigenvalue weighted by Gasteiger charge is -2.32. The van der Waals surface area contributed by atoms with Gasteiger partial charge in [-0.2, -0.15) is 0 Å². The molecule has 0 aromatic heterocycles. The Labute approximate surface area is 117 Å². The van der Waals surface area contributed by atoms with Crippen LogP contribution in [-0.2, 0) is 0 Å². The molecule has 0 radical (unpaired) electrons. The molecule has 0 bridgehead atoms. The summed E-state index contributed by atoms with van der Waals surface area (Å²) in [5.41, 5.74) is 6.79. The third-order valence-corrected chi connectivity index (χ3v) is 4.34. The van der Waals surface area contributed by atoms with Crippen molar-refractivity contribution in [2.45, 2.75) is 45.6 Å². The first-order valence-electron chi connectivity index (χ1n) is 6.35. The molecule has 0 aliphatic heterocycles. The fraction of sp³-hybridized carbons (Fsp3) is 0.500. The molecule has 3 nitrogen and oxygen atoms in total. The molecular weight excluding hydrogens is 292 g/mol. The number of carbonyl (C=O) groups excluding carboxylic acids is 1. The van der Waals surface area contributed by atoms with E-state index in [9.17, 15) is 4.79 Å². The Morgan fingerprint density at radius 2 is 1.83 bits per heavy atom. The number of carbonyl (C=O) groups is 1. The highest BCUT2D eigenvalue weighted by Crippen LogP contribution is 2.23. The van der Waals surface area contributed by atoms with Gasteiger partial charge in [0.25, 0.3) is 5.91 Å². The van der Waals surface area contributed by atoms with E-state index in [4.69, 9.17) is 5.73 Å². The van der Waals surface area contributed by atoms with Gasteiger partial charge in [-0.15, -0.1) is 0 Å². The van der Waals surface area contributed by atoms with Gasteiger partial charge in [-0.05, 0) is 53.4 Å². The minimum atomic E-state index is -0.124. The minimum absolute atomic E-state index is 0.0697. The second kappa shape index (κ2) is 6.23. The number of nitrogens with one attached hydrogen (secondary N) is 1. The predicted octanol–water partition coefficient (Wildman–Crippen LogP) is 3.73. The first kappa shape index (κ1) is 15.0. The van der Waals surface area contributed by atoms with Crippen LogP contribution in [0.2, 0.25) is 0 Å². The van der Waals surface area contributed by atoms with Crippen LogP contribution in [0.25, 0.3) is 0 Å². The fourth-order valence-corrected chi connectivity index (χ4v) is 2.47. The molecule has 0 aliphatic carbocycles. The van der Waals surface area contributed by atoms with Crippen LogP contribution in [0.3, 0.4) is 0 Å². The molecule has 100 valence electrons. The molecule has 0 heterocycles. The Balaban J connectivity index is 2.97. The predicted molar refractivity (Wildman–Crippen MR) is 79.6 cm³/mol. The zero-order valence-corrected chi connectivity index (χ0v) is 12.8. The van der Waals surface area contributed by atoms with Crippen molar-refractivity contribution >= 4 is 27.5 Å². The number of anilines is 1.